The summed E-state index contributed by atoms with van der Waals surface area (Å²) < 4.78 is 0. The van der Waals surface area contributed by atoms with E-state index in [0.717, 1.165) is 25.3 Å². The highest BCUT2D eigenvalue weighted by molar-refractivity contribution is 5.93. The van der Waals surface area contributed by atoms with Crippen LogP contribution in [0.15, 0.2) is 24.5 Å². The van der Waals surface area contributed by atoms with Crippen LogP contribution in [0.5, 0.6) is 0 Å². The topological polar surface area (TPSA) is 45.2 Å². The first-order valence-electron chi connectivity index (χ1n) is 4.79. The quantitative estimate of drug-likeness (QED) is 0.699. The van der Waals surface area contributed by atoms with Crippen molar-refractivity contribution in [2.45, 2.75) is 6.42 Å². The Hall–Kier alpha value is -1.42. The van der Waals surface area contributed by atoms with Crippen molar-refractivity contribution in [3.05, 3.63) is 24.5 Å². The second kappa shape index (κ2) is 4.19. The Morgan fingerprint density at radius 1 is 1.43 bits per heavy atom. The second-order valence-electron chi connectivity index (χ2n) is 3.26. The summed E-state index contributed by atoms with van der Waals surface area (Å²) in [4.78, 5) is 17.5. The number of carbonyl (C=O) groups excluding carboxylic acids is 1. The maximum absolute atomic E-state index is 11.7. The lowest BCUT2D eigenvalue weighted by molar-refractivity contribution is -0.118. The van der Waals surface area contributed by atoms with Gasteiger partial charge in [-0.15, -0.1) is 0 Å². The first kappa shape index (κ1) is 9.15. The van der Waals surface area contributed by atoms with Gasteiger partial charge in [0.15, 0.2) is 0 Å². The zero-order valence-corrected chi connectivity index (χ0v) is 7.94. The number of aromatic nitrogens is 1. The van der Waals surface area contributed by atoms with Crippen molar-refractivity contribution in [2.75, 3.05) is 24.5 Å². The van der Waals surface area contributed by atoms with Crippen molar-refractivity contribution < 1.29 is 4.79 Å². The highest BCUT2D eigenvalue weighted by Crippen LogP contribution is 2.13. The van der Waals surface area contributed by atoms with Crippen LogP contribution in [0.4, 0.5) is 5.69 Å². The van der Waals surface area contributed by atoms with Gasteiger partial charge in [-0.3, -0.25) is 9.78 Å². The van der Waals surface area contributed by atoms with Gasteiger partial charge in [-0.2, -0.15) is 0 Å². The molecule has 14 heavy (non-hydrogen) atoms. The SMILES string of the molecule is O=C1CCNCCN1c1cccnc1. The number of pyridine rings is 1. The molecule has 1 aromatic heterocycles. The number of hydrogen-bond acceptors (Lipinski definition) is 3. The minimum Gasteiger partial charge on any atom is -0.314 e. The van der Waals surface area contributed by atoms with Crippen molar-refractivity contribution in [2.24, 2.45) is 0 Å². The van der Waals surface area contributed by atoms with Crippen LogP contribution in [0.1, 0.15) is 6.42 Å². The Morgan fingerprint density at radius 2 is 2.36 bits per heavy atom. The largest absolute Gasteiger partial charge is 0.314 e. The summed E-state index contributed by atoms with van der Waals surface area (Å²) in [6.45, 7) is 2.35. The van der Waals surface area contributed by atoms with Crippen LogP contribution in [0, 0.1) is 0 Å². The van der Waals surface area contributed by atoms with Gasteiger partial charge in [0, 0.05) is 32.3 Å². The number of nitrogens with one attached hydrogen (secondary N) is 1. The van der Waals surface area contributed by atoms with Gasteiger partial charge in [-0.05, 0) is 12.1 Å². The van der Waals surface area contributed by atoms with Crippen LogP contribution in [-0.2, 0) is 4.79 Å². The average molecular weight is 191 g/mol. The molecule has 4 nitrogen and oxygen atoms in total. The molecule has 0 radical (unpaired) electrons. The van der Waals surface area contributed by atoms with E-state index in [4.69, 9.17) is 0 Å². The van der Waals surface area contributed by atoms with E-state index in [2.05, 4.69) is 10.3 Å². The normalized spacial score (nSPS) is 18.0. The molecule has 1 aromatic rings. The van der Waals surface area contributed by atoms with Gasteiger partial charge in [0.05, 0.1) is 11.9 Å². The number of anilines is 1. The molecule has 74 valence electrons. The number of nitrogens with zero attached hydrogens (tertiary/aromatic N) is 2. The molecular formula is C10H13N3O. The monoisotopic (exact) mass is 191 g/mol. The summed E-state index contributed by atoms with van der Waals surface area (Å²) >= 11 is 0. The molecule has 1 saturated heterocycles. The zero-order chi connectivity index (χ0) is 9.80. The number of hydrogen-bond donors (Lipinski definition) is 1. The molecule has 1 fully saturated rings. The fourth-order valence-electron chi connectivity index (χ4n) is 1.56. The van der Waals surface area contributed by atoms with E-state index < -0.39 is 0 Å². The minimum atomic E-state index is 0.169. The standard InChI is InChI=1S/C10H13N3O/c14-10-3-5-11-6-7-13(10)9-2-1-4-12-8-9/h1-2,4,8,11H,3,5-7H2. The smallest absolute Gasteiger partial charge is 0.228 e. The summed E-state index contributed by atoms with van der Waals surface area (Å²) in [5, 5.41) is 3.19. The third kappa shape index (κ3) is 1.90. The molecule has 1 aliphatic heterocycles. The molecule has 0 aromatic carbocycles. The third-order valence-electron chi connectivity index (χ3n) is 2.29. The van der Waals surface area contributed by atoms with Crippen molar-refractivity contribution in [3.8, 4) is 0 Å². The molecule has 2 rings (SSSR count). The molecule has 1 aliphatic rings. The third-order valence-corrected chi connectivity index (χ3v) is 2.29. The molecule has 0 unspecified atom stereocenters. The van der Waals surface area contributed by atoms with Crippen LogP contribution in [0.2, 0.25) is 0 Å². The molecule has 0 spiro atoms. The van der Waals surface area contributed by atoms with Crippen molar-refractivity contribution >= 4 is 11.6 Å². The second-order valence-corrected chi connectivity index (χ2v) is 3.26. The Balaban J connectivity index is 2.19. The van der Waals surface area contributed by atoms with Crippen molar-refractivity contribution in [1.82, 2.24) is 10.3 Å². The van der Waals surface area contributed by atoms with Crippen molar-refractivity contribution in [1.29, 1.82) is 0 Å². The molecule has 1 N–H and O–H groups in total. The van der Waals surface area contributed by atoms with Gasteiger partial charge in [0.2, 0.25) is 5.91 Å². The van der Waals surface area contributed by atoms with Crippen LogP contribution in [-0.4, -0.2) is 30.5 Å². The lowest BCUT2D eigenvalue weighted by Crippen LogP contribution is -2.32. The molecule has 0 atom stereocenters. The van der Waals surface area contributed by atoms with E-state index >= 15 is 0 Å². The van der Waals surface area contributed by atoms with Crippen LogP contribution in [0.25, 0.3) is 0 Å². The van der Waals surface area contributed by atoms with Gasteiger partial charge in [0.1, 0.15) is 0 Å². The lowest BCUT2D eigenvalue weighted by Gasteiger charge is -2.19. The molecule has 0 saturated carbocycles. The van der Waals surface area contributed by atoms with E-state index in [0.29, 0.717) is 6.42 Å². The van der Waals surface area contributed by atoms with E-state index in [1.807, 2.05) is 12.1 Å². The maximum atomic E-state index is 11.7. The van der Waals surface area contributed by atoms with E-state index in [1.165, 1.54) is 0 Å². The van der Waals surface area contributed by atoms with E-state index in [-0.39, 0.29) is 5.91 Å². The number of rotatable bonds is 1. The highest BCUT2D eigenvalue weighted by atomic mass is 16.2. The predicted octanol–water partition coefficient (Wildman–Crippen LogP) is 0.408. The Bertz CT molecular complexity index is 312. The summed E-state index contributed by atoms with van der Waals surface area (Å²) in [6, 6.07) is 3.76. The van der Waals surface area contributed by atoms with E-state index in [9.17, 15) is 4.79 Å². The summed E-state index contributed by atoms with van der Waals surface area (Å²) in [7, 11) is 0. The van der Waals surface area contributed by atoms with E-state index in [1.54, 1.807) is 17.3 Å². The van der Waals surface area contributed by atoms with Gasteiger partial charge >= 0.3 is 0 Å². The highest BCUT2D eigenvalue weighted by Gasteiger charge is 2.17. The Kier molecular flexibility index (Phi) is 2.74. The lowest BCUT2D eigenvalue weighted by atomic mass is 10.3. The van der Waals surface area contributed by atoms with Crippen LogP contribution < -0.4 is 10.2 Å². The molecule has 0 aliphatic carbocycles. The summed E-state index contributed by atoms with van der Waals surface area (Å²) in [5.74, 6) is 0.169. The van der Waals surface area contributed by atoms with Gasteiger partial charge in [-0.25, -0.2) is 0 Å². The zero-order valence-electron chi connectivity index (χ0n) is 7.94. The number of carbonyl (C=O) groups is 1. The minimum absolute atomic E-state index is 0.169. The van der Waals surface area contributed by atoms with Crippen LogP contribution in [0.3, 0.4) is 0 Å². The molecule has 2 heterocycles. The predicted molar refractivity (Wildman–Crippen MR) is 54.1 cm³/mol. The maximum Gasteiger partial charge on any atom is 0.228 e. The molecule has 4 heteroatoms. The molecule has 0 bridgehead atoms. The average Bonchev–Trinajstić information content (AvgIpc) is 2.44. The first-order chi connectivity index (χ1) is 6.88. The first-order valence-corrected chi connectivity index (χ1v) is 4.79. The fourth-order valence-corrected chi connectivity index (χ4v) is 1.56. The van der Waals surface area contributed by atoms with Crippen molar-refractivity contribution in [3.63, 3.8) is 0 Å². The molecule has 1 amide bonds. The van der Waals surface area contributed by atoms with Crippen LogP contribution >= 0.6 is 0 Å². The Morgan fingerprint density at radius 3 is 3.14 bits per heavy atom. The van der Waals surface area contributed by atoms with Gasteiger partial charge < -0.3 is 10.2 Å². The molecular weight excluding hydrogens is 178 g/mol. The summed E-state index contributed by atoms with van der Waals surface area (Å²) in [6.07, 6.45) is 4.00. The van der Waals surface area contributed by atoms with Gasteiger partial charge in [-0.1, -0.05) is 0 Å². The fraction of sp³-hybridized carbons (Fsp3) is 0.400. The Labute approximate surface area is 82.9 Å². The summed E-state index contributed by atoms with van der Waals surface area (Å²) in [5.41, 5.74) is 0.890. The van der Waals surface area contributed by atoms with Gasteiger partial charge in [0.25, 0.3) is 0 Å². The number of amides is 1.